The predicted molar refractivity (Wildman–Crippen MR) is 61.5 cm³/mol. The monoisotopic (exact) mass is 255 g/mol. The summed E-state index contributed by atoms with van der Waals surface area (Å²) in [5, 5.41) is 12.3. The smallest absolute Gasteiger partial charge is 0.0434 e. The highest BCUT2D eigenvalue weighted by Crippen LogP contribution is 2.28. The first-order chi connectivity index (χ1) is 6.79. The van der Waals surface area contributed by atoms with Gasteiger partial charge in [0.2, 0.25) is 0 Å². The molecule has 0 aliphatic carbocycles. The molecule has 1 atom stereocenters. The van der Waals surface area contributed by atoms with Crippen LogP contribution in [-0.2, 0) is 6.42 Å². The van der Waals surface area contributed by atoms with Crippen molar-refractivity contribution in [1.82, 2.24) is 0 Å². The predicted octanol–water partition coefficient (Wildman–Crippen LogP) is 2.42. The summed E-state index contributed by atoms with van der Waals surface area (Å²) in [6, 6.07) is 6.34. The van der Waals surface area contributed by atoms with Gasteiger partial charge in [-0.25, -0.2) is 0 Å². The van der Waals surface area contributed by atoms with E-state index < -0.39 is 0 Å². The SMILES string of the molecule is OCCC1CNc2cc(Br)ccc2C1. The highest BCUT2D eigenvalue weighted by molar-refractivity contribution is 9.10. The van der Waals surface area contributed by atoms with Crippen molar-refractivity contribution in [3.8, 4) is 0 Å². The number of fused-ring (bicyclic) bond motifs is 1. The normalized spacial score (nSPS) is 20.0. The standard InChI is InChI=1S/C11H14BrNO/c12-10-2-1-9-5-8(3-4-14)7-13-11(9)6-10/h1-2,6,8,13-14H,3-5,7H2. The zero-order valence-corrected chi connectivity index (χ0v) is 9.55. The molecule has 0 fully saturated rings. The summed E-state index contributed by atoms with van der Waals surface area (Å²) in [5.41, 5.74) is 2.59. The molecule has 2 rings (SSSR count). The van der Waals surface area contributed by atoms with Crippen molar-refractivity contribution < 1.29 is 5.11 Å². The van der Waals surface area contributed by atoms with Crippen molar-refractivity contribution in [2.45, 2.75) is 12.8 Å². The van der Waals surface area contributed by atoms with Crippen LogP contribution in [0.2, 0.25) is 0 Å². The Hall–Kier alpha value is -0.540. The molecule has 0 bridgehead atoms. The van der Waals surface area contributed by atoms with Gasteiger partial charge < -0.3 is 10.4 Å². The van der Waals surface area contributed by atoms with Crippen LogP contribution in [0.3, 0.4) is 0 Å². The van der Waals surface area contributed by atoms with Gasteiger partial charge in [0.15, 0.2) is 0 Å². The number of halogens is 1. The lowest BCUT2D eigenvalue weighted by Crippen LogP contribution is -2.23. The van der Waals surface area contributed by atoms with Crippen LogP contribution in [0.25, 0.3) is 0 Å². The van der Waals surface area contributed by atoms with Crippen LogP contribution in [0.15, 0.2) is 22.7 Å². The molecule has 3 heteroatoms. The molecule has 0 spiro atoms. The summed E-state index contributed by atoms with van der Waals surface area (Å²) in [6.45, 7) is 1.27. The fraction of sp³-hybridized carbons (Fsp3) is 0.455. The first-order valence-corrected chi connectivity index (χ1v) is 5.72. The summed E-state index contributed by atoms with van der Waals surface area (Å²) in [6.07, 6.45) is 1.97. The Bertz CT molecular complexity index is 327. The first-order valence-electron chi connectivity index (χ1n) is 4.93. The maximum absolute atomic E-state index is 8.88. The number of rotatable bonds is 2. The molecule has 0 aromatic heterocycles. The van der Waals surface area contributed by atoms with E-state index in [1.54, 1.807) is 0 Å². The summed E-state index contributed by atoms with van der Waals surface area (Å²) in [7, 11) is 0. The van der Waals surface area contributed by atoms with Crippen molar-refractivity contribution in [2.75, 3.05) is 18.5 Å². The molecule has 1 aromatic carbocycles. The Labute approximate surface area is 92.5 Å². The van der Waals surface area contributed by atoms with Gasteiger partial charge in [-0.1, -0.05) is 22.0 Å². The Morgan fingerprint density at radius 1 is 1.50 bits per heavy atom. The molecule has 1 unspecified atom stereocenters. The van der Waals surface area contributed by atoms with Crippen molar-refractivity contribution in [1.29, 1.82) is 0 Å². The maximum atomic E-state index is 8.88. The highest BCUT2D eigenvalue weighted by Gasteiger charge is 2.17. The van der Waals surface area contributed by atoms with Gasteiger partial charge in [-0.2, -0.15) is 0 Å². The van der Waals surface area contributed by atoms with Crippen LogP contribution in [0, 0.1) is 5.92 Å². The zero-order chi connectivity index (χ0) is 9.97. The molecular formula is C11H14BrNO. The fourth-order valence-corrected chi connectivity index (χ4v) is 2.28. The van der Waals surface area contributed by atoms with E-state index >= 15 is 0 Å². The fourth-order valence-electron chi connectivity index (χ4n) is 1.92. The number of hydrogen-bond acceptors (Lipinski definition) is 2. The molecule has 0 amide bonds. The summed E-state index contributed by atoms with van der Waals surface area (Å²) in [5.74, 6) is 0.577. The molecule has 2 N–H and O–H groups in total. The Kier molecular flexibility index (Phi) is 3.08. The molecule has 1 heterocycles. The minimum Gasteiger partial charge on any atom is -0.396 e. The third-order valence-corrected chi connectivity index (χ3v) is 3.19. The molecule has 14 heavy (non-hydrogen) atoms. The average molecular weight is 256 g/mol. The minimum atomic E-state index is 0.290. The number of hydrogen-bond donors (Lipinski definition) is 2. The van der Waals surface area contributed by atoms with Crippen molar-refractivity contribution >= 4 is 21.6 Å². The van der Waals surface area contributed by atoms with E-state index in [4.69, 9.17) is 5.11 Å². The van der Waals surface area contributed by atoms with Crippen LogP contribution >= 0.6 is 15.9 Å². The van der Waals surface area contributed by atoms with Crippen molar-refractivity contribution in [2.24, 2.45) is 5.92 Å². The number of aliphatic hydroxyl groups excluding tert-OH is 1. The van der Waals surface area contributed by atoms with Gasteiger partial charge in [-0.15, -0.1) is 0 Å². The molecule has 0 radical (unpaired) electrons. The summed E-state index contributed by atoms with van der Waals surface area (Å²) < 4.78 is 1.12. The lowest BCUT2D eigenvalue weighted by molar-refractivity contribution is 0.258. The van der Waals surface area contributed by atoms with Crippen LogP contribution < -0.4 is 5.32 Å². The molecule has 2 nitrogen and oxygen atoms in total. The van der Waals surface area contributed by atoms with Gasteiger partial charge in [0.05, 0.1) is 0 Å². The number of benzene rings is 1. The largest absolute Gasteiger partial charge is 0.396 e. The first kappa shape index (κ1) is 9.99. The third-order valence-electron chi connectivity index (χ3n) is 2.70. The molecule has 1 aliphatic rings. The minimum absolute atomic E-state index is 0.290. The van der Waals surface area contributed by atoms with E-state index in [1.165, 1.54) is 11.3 Å². The van der Waals surface area contributed by atoms with Crippen LogP contribution in [-0.4, -0.2) is 18.3 Å². The van der Waals surface area contributed by atoms with E-state index in [1.807, 2.05) is 0 Å². The van der Waals surface area contributed by atoms with Crippen LogP contribution in [0.4, 0.5) is 5.69 Å². The average Bonchev–Trinajstić information content (AvgIpc) is 2.19. The van der Waals surface area contributed by atoms with Gasteiger partial charge in [-0.05, 0) is 36.5 Å². The van der Waals surface area contributed by atoms with Gasteiger partial charge in [-0.3, -0.25) is 0 Å². The van der Waals surface area contributed by atoms with Gasteiger partial charge in [0.25, 0.3) is 0 Å². The lowest BCUT2D eigenvalue weighted by atomic mass is 9.92. The van der Waals surface area contributed by atoms with Crippen molar-refractivity contribution in [3.63, 3.8) is 0 Å². The summed E-state index contributed by atoms with van der Waals surface area (Å²) in [4.78, 5) is 0. The second kappa shape index (κ2) is 4.32. The summed E-state index contributed by atoms with van der Waals surface area (Å²) >= 11 is 3.46. The number of aliphatic hydroxyl groups is 1. The lowest BCUT2D eigenvalue weighted by Gasteiger charge is -2.25. The van der Waals surface area contributed by atoms with E-state index in [0.717, 1.165) is 23.9 Å². The van der Waals surface area contributed by atoms with E-state index in [-0.39, 0.29) is 6.61 Å². The van der Waals surface area contributed by atoms with Crippen molar-refractivity contribution in [3.05, 3.63) is 28.2 Å². The van der Waals surface area contributed by atoms with Gasteiger partial charge >= 0.3 is 0 Å². The van der Waals surface area contributed by atoms with Gasteiger partial charge in [0.1, 0.15) is 0 Å². The van der Waals surface area contributed by atoms with E-state index in [0.29, 0.717) is 5.92 Å². The van der Waals surface area contributed by atoms with E-state index in [2.05, 4.69) is 39.4 Å². The Balaban J connectivity index is 2.15. The third kappa shape index (κ3) is 2.10. The maximum Gasteiger partial charge on any atom is 0.0434 e. The number of nitrogens with one attached hydrogen (secondary N) is 1. The quantitative estimate of drug-likeness (QED) is 0.851. The van der Waals surface area contributed by atoms with E-state index in [9.17, 15) is 0 Å². The molecular weight excluding hydrogens is 242 g/mol. The molecule has 1 aromatic rings. The Morgan fingerprint density at radius 3 is 3.14 bits per heavy atom. The molecule has 0 saturated carbocycles. The van der Waals surface area contributed by atoms with Crippen LogP contribution in [0.1, 0.15) is 12.0 Å². The van der Waals surface area contributed by atoms with Crippen LogP contribution in [0.5, 0.6) is 0 Å². The molecule has 1 aliphatic heterocycles. The van der Waals surface area contributed by atoms with Gasteiger partial charge in [0, 0.05) is 23.3 Å². The second-order valence-corrected chi connectivity index (χ2v) is 4.68. The topological polar surface area (TPSA) is 32.3 Å². The molecule has 0 saturated heterocycles. The molecule has 76 valence electrons. The number of anilines is 1. The zero-order valence-electron chi connectivity index (χ0n) is 7.96. The highest BCUT2D eigenvalue weighted by atomic mass is 79.9. The second-order valence-electron chi connectivity index (χ2n) is 3.76. The Morgan fingerprint density at radius 2 is 2.36 bits per heavy atom.